The minimum atomic E-state index is 0.634. The van der Waals surface area contributed by atoms with Crippen LogP contribution in [-0.2, 0) is 7.05 Å². The zero-order valence-electron chi connectivity index (χ0n) is 11.6. The minimum absolute atomic E-state index is 0.634. The number of aromatic amines is 1. The maximum Gasteiger partial charge on any atom is 0.152 e. The van der Waals surface area contributed by atoms with Gasteiger partial charge in [-0.25, -0.2) is 0 Å². The molecule has 0 aliphatic heterocycles. The van der Waals surface area contributed by atoms with Gasteiger partial charge in [0.2, 0.25) is 0 Å². The molecule has 2 aromatic heterocycles. The second kappa shape index (κ2) is 4.52. The summed E-state index contributed by atoms with van der Waals surface area (Å²) in [4.78, 5) is 14.8. The number of carbonyl (C=O) groups is 1. The highest BCUT2D eigenvalue weighted by Gasteiger charge is 2.16. The van der Waals surface area contributed by atoms with Gasteiger partial charge in [-0.05, 0) is 25.1 Å². The molecule has 0 fully saturated rings. The summed E-state index contributed by atoms with van der Waals surface area (Å²) in [5.41, 5.74) is 4.28. The number of hydrogen-bond acceptors (Lipinski definition) is 3. The quantitative estimate of drug-likeness (QED) is 0.744. The molecule has 0 spiro atoms. The molecule has 3 rings (SSSR count). The fourth-order valence-electron chi connectivity index (χ4n) is 2.40. The van der Waals surface area contributed by atoms with Gasteiger partial charge in [-0.3, -0.25) is 9.48 Å². The number of methoxy groups -OCH3 is 1. The van der Waals surface area contributed by atoms with E-state index in [4.69, 9.17) is 4.74 Å². The molecule has 0 aliphatic carbocycles. The summed E-state index contributed by atoms with van der Waals surface area (Å²) >= 11 is 0. The van der Waals surface area contributed by atoms with Crippen LogP contribution in [0.5, 0.6) is 5.75 Å². The van der Waals surface area contributed by atoms with Gasteiger partial charge in [0.25, 0.3) is 0 Å². The fraction of sp³-hybridized carbons (Fsp3) is 0.200. The van der Waals surface area contributed by atoms with E-state index < -0.39 is 0 Å². The topological polar surface area (TPSA) is 59.9 Å². The van der Waals surface area contributed by atoms with Crippen molar-refractivity contribution in [3.63, 3.8) is 0 Å². The molecule has 5 heteroatoms. The maximum absolute atomic E-state index is 11.5. The minimum Gasteiger partial charge on any atom is -0.497 e. The van der Waals surface area contributed by atoms with E-state index in [1.54, 1.807) is 18.0 Å². The molecule has 0 aliphatic rings. The Labute approximate surface area is 116 Å². The van der Waals surface area contributed by atoms with Crippen LogP contribution in [-0.4, -0.2) is 28.2 Å². The number of benzene rings is 1. The van der Waals surface area contributed by atoms with Crippen LogP contribution in [0.2, 0.25) is 0 Å². The van der Waals surface area contributed by atoms with Crippen molar-refractivity contribution < 1.29 is 9.53 Å². The van der Waals surface area contributed by atoms with E-state index >= 15 is 0 Å². The third-order valence-corrected chi connectivity index (χ3v) is 3.67. The second-order valence-corrected chi connectivity index (χ2v) is 4.71. The van der Waals surface area contributed by atoms with Crippen LogP contribution in [0.15, 0.2) is 24.4 Å². The first-order valence-corrected chi connectivity index (χ1v) is 6.29. The Balaban J connectivity index is 2.31. The summed E-state index contributed by atoms with van der Waals surface area (Å²) in [6.45, 7) is 1.98. The van der Waals surface area contributed by atoms with Crippen LogP contribution in [0, 0.1) is 6.92 Å². The SMILES string of the molecule is COc1ccc2[nH]c(-c3cnn(C)c3C)c(C=O)c2c1. The maximum atomic E-state index is 11.5. The number of ether oxygens (including phenoxy) is 1. The van der Waals surface area contributed by atoms with E-state index in [0.29, 0.717) is 5.56 Å². The van der Waals surface area contributed by atoms with Crippen LogP contribution in [0.25, 0.3) is 22.2 Å². The molecule has 2 heterocycles. The lowest BCUT2D eigenvalue weighted by Gasteiger charge is -1.99. The number of aldehydes is 1. The van der Waals surface area contributed by atoms with Crippen molar-refractivity contribution in [2.75, 3.05) is 7.11 Å². The largest absolute Gasteiger partial charge is 0.497 e. The predicted molar refractivity (Wildman–Crippen MR) is 77.2 cm³/mol. The van der Waals surface area contributed by atoms with Crippen molar-refractivity contribution in [3.05, 3.63) is 35.7 Å². The number of hydrogen-bond donors (Lipinski definition) is 1. The first-order chi connectivity index (χ1) is 9.65. The number of carbonyl (C=O) groups excluding carboxylic acids is 1. The van der Waals surface area contributed by atoms with Gasteiger partial charge in [-0.15, -0.1) is 0 Å². The molecular formula is C15H15N3O2. The van der Waals surface area contributed by atoms with Gasteiger partial charge in [0.05, 0.1) is 19.0 Å². The van der Waals surface area contributed by atoms with Gasteiger partial charge in [0.1, 0.15) is 5.75 Å². The van der Waals surface area contributed by atoms with Gasteiger partial charge < -0.3 is 9.72 Å². The van der Waals surface area contributed by atoms with Gasteiger partial charge in [-0.2, -0.15) is 5.10 Å². The van der Waals surface area contributed by atoms with Gasteiger partial charge in [0, 0.05) is 34.8 Å². The molecular weight excluding hydrogens is 254 g/mol. The average Bonchev–Trinajstić information content (AvgIpc) is 2.99. The number of nitrogens with one attached hydrogen (secondary N) is 1. The zero-order valence-corrected chi connectivity index (χ0v) is 11.6. The van der Waals surface area contributed by atoms with Gasteiger partial charge in [-0.1, -0.05) is 0 Å². The molecule has 0 atom stereocenters. The van der Waals surface area contributed by atoms with Crippen LogP contribution < -0.4 is 4.74 Å². The molecule has 0 saturated heterocycles. The average molecular weight is 269 g/mol. The standard InChI is InChI=1S/C15H15N3O2/c1-9-12(7-16-18(9)2)15-13(8-19)11-6-10(20-3)4-5-14(11)17-15/h4-8,17H,1-3H3. The van der Waals surface area contributed by atoms with Gasteiger partial charge in [0.15, 0.2) is 6.29 Å². The van der Waals surface area contributed by atoms with Crippen LogP contribution in [0.1, 0.15) is 16.1 Å². The number of H-pyrrole nitrogens is 1. The summed E-state index contributed by atoms with van der Waals surface area (Å²) in [5, 5.41) is 5.09. The first-order valence-electron chi connectivity index (χ1n) is 6.29. The lowest BCUT2D eigenvalue weighted by Crippen LogP contribution is -1.93. The number of nitrogens with zero attached hydrogens (tertiary/aromatic N) is 2. The molecule has 20 heavy (non-hydrogen) atoms. The van der Waals surface area contributed by atoms with Crippen LogP contribution in [0.4, 0.5) is 0 Å². The highest BCUT2D eigenvalue weighted by Crippen LogP contribution is 2.32. The molecule has 1 N–H and O–H groups in total. The lowest BCUT2D eigenvalue weighted by atomic mass is 10.1. The molecule has 0 saturated carbocycles. The van der Waals surface area contributed by atoms with Crippen molar-refractivity contribution >= 4 is 17.2 Å². The molecule has 102 valence electrons. The summed E-state index contributed by atoms with van der Waals surface area (Å²) in [6, 6.07) is 5.65. The van der Waals surface area contributed by atoms with Crippen molar-refractivity contribution in [1.29, 1.82) is 0 Å². The summed E-state index contributed by atoms with van der Waals surface area (Å²) < 4.78 is 7.01. The lowest BCUT2D eigenvalue weighted by molar-refractivity contribution is 0.112. The molecule has 0 bridgehead atoms. The summed E-state index contributed by atoms with van der Waals surface area (Å²) in [7, 11) is 3.49. The third-order valence-electron chi connectivity index (χ3n) is 3.67. The van der Waals surface area contributed by atoms with Crippen molar-refractivity contribution in [2.45, 2.75) is 6.92 Å². The highest BCUT2D eigenvalue weighted by molar-refractivity contribution is 6.04. The third kappa shape index (κ3) is 1.71. The normalized spacial score (nSPS) is 10.9. The van der Waals surface area contributed by atoms with Gasteiger partial charge >= 0.3 is 0 Å². The second-order valence-electron chi connectivity index (χ2n) is 4.71. The molecule has 0 radical (unpaired) electrons. The van der Waals surface area contributed by atoms with E-state index in [2.05, 4.69) is 10.1 Å². The summed E-state index contributed by atoms with van der Waals surface area (Å²) in [5.74, 6) is 0.731. The monoisotopic (exact) mass is 269 g/mol. The van der Waals surface area contributed by atoms with E-state index in [1.165, 1.54) is 0 Å². The van der Waals surface area contributed by atoms with E-state index in [0.717, 1.165) is 39.9 Å². The Bertz CT molecular complexity index is 799. The Morgan fingerprint density at radius 3 is 2.80 bits per heavy atom. The van der Waals surface area contributed by atoms with E-state index in [9.17, 15) is 4.79 Å². The summed E-state index contributed by atoms with van der Waals surface area (Å²) in [6.07, 6.45) is 2.64. The van der Waals surface area contributed by atoms with Crippen molar-refractivity contribution in [3.8, 4) is 17.0 Å². The number of rotatable bonds is 3. The van der Waals surface area contributed by atoms with E-state index in [1.807, 2.05) is 32.2 Å². The predicted octanol–water partition coefficient (Wildman–Crippen LogP) is 2.70. The number of aromatic nitrogens is 3. The molecule has 3 aromatic rings. The molecule has 0 amide bonds. The molecule has 0 unspecified atom stereocenters. The van der Waals surface area contributed by atoms with Crippen molar-refractivity contribution in [2.24, 2.45) is 7.05 Å². The zero-order chi connectivity index (χ0) is 14.3. The van der Waals surface area contributed by atoms with Crippen LogP contribution >= 0.6 is 0 Å². The van der Waals surface area contributed by atoms with Crippen molar-refractivity contribution in [1.82, 2.24) is 14.8 Å². The van der Waals surface area contributed by atoms with Crippen LogP contribution in [0.3, 0.4) is 0 Å². The highest BCUT2D eigenvalue weighted by atomic mass is 16.5. The Kier molecular flexibility index (Phi) is 2.82. The first kappa shape index (κ1) is 12.5. The Morgan fingerprint density at radius 2 is 2.20 bits per heavy atom. The molecule has 1 aromatic carbocycles. The Hall–Kier alpha value is -2.56. The van der Waals surface area contributed by atoms with E-state index in [-0.39, 0.29) is 0 Å². The molecule has 5 nitrogen and oxygen atoms in total. The number of aryl methyl sites for hydroxylation is 1. The Morgan fingerprint density at radius 1 is 1.40 bits per heavy atom. The fourth-order valence-corrected chi connectivity index (χ4v) is 2.40. The number of fused-ring (bicyclic) bond motifs is 1. The smallest absolute Gasteiger partial charge is 0.152 e.